The summed E-state index contributed by atoms with van der Waals surface area (Å²) in [5, 5.41) is 0. The quantitative estimate of drug-likeness (QED) is 0.436. The second-order valence-corrected chi connectivity index (χ2v) is 1.96. The van der Waals surface area contributed by atoms with E-state index in [2.05, 4.69) is 0 Å². The van der Waals surface area contributed by atoms with Crippen LogP contribution in [0.15, 0.2) is 0 Å². The van der Waals surface area contributed by atoms with E-state index in [1.807, 2.05) is 0 Å². The van der Waals surface area contributed by atoms with Gasteiger partial charge in [0.25, 0.3) is 0 Å². The standard InChI is InChI=1S/C5H2F6O2.Ba.2H/c6-1-2(12)4(7,8)3(13)5(9,10)11;;;/h1H2;;;/q;+2;2*-1. The Kier molecular flexibility index (Phi) is 6.69. The molecular weight excluding hydrogens is 343 g/mol. The third-order valence-corrected chi connectivity index (χ3v) is 1.01. The predicted octanol–water partition coefficient (Wildman–Crippen LogP) is 1.14. The summed E-state index contributed by atoms with van der Waals surface area (Å²) in [5.74, 6) is -11.6. The van der Waals surface area contributed by atoms with E-state index < -0.39 is 30.3 Å². The van der Waals surface area contributed by atoms with Gasteiger partial charge in [0.1, 0.15) is 0 Å². The van der Waals surface area contributed by atoms with Crippen LogP contribution < -0.4 is 0 Å². The van der Waals surface area contributed by atoms with E-state index in [1.54, 1.807) is 0 Å². The summed E-state index contributed by atoms with van der Waals surface area (Å²) in [6.45, 7) is -2.32. The number of alkyl halides is 6. The number of rotatable bonds is 3. The van der Waals surface area contributed by atoms with Gasteiger partial charge in [0.15, 0.2) is 6.67 Å². The predicted molar refractivity (Wildman–Crippen MR) is 35.0 cm³/mol. The third kappa shape index (κ3) is 3.93. The van der Waals surface area contributed by atoms with Crippen LogP contribution in [-0.2, 0) is 9.59 Å². The summed E-state index contributed by atoms with van der Waals surface area (Å²) in [6, 6.07) is 0. The fourth-order valence-corrected chi connectivity index (χ4v) is 0.389. The molecule has 0 bridgehead atoms. The molecule has 0 rings (SSSR count). The van der Waals surface area contributed by atoms with Crippen LogP contribution in [0.1, 0.15) is 2.85 Å². The van der Waals surface area contributed by atoms with Gasteiger partial charge >= 0.3 is 66.8 Å². The first-order valence-corrected chi connectivity index (χ1v) is 2.72. The van der Waals surface area contributed by atoms with E-state index in [-0.39, 0.29) is 51.7 Å². The molecule has 0 aliphatic rings. The van der Waals surface area contributed by atoms with Gasteiger partial charge in [-0.25, -0.2) is 4.39 Å². The van der Waals surface area contributed by atoms with Gasteiger partial charge in [-0.3, -0.25) is 9.59 Å². The normalized spacial score (nSPS) is 11.9. The van der Waals surface area contributed by atoms with Crippen LogP contribution in [0.3, 0.4) is 0 Å². The molecule has 2 nitrogen and oxygen atoms in total. The van der Waals surface area contributed by atoms with Crippen molar-refractivity contribution in [3.05, 3.63) is 0 Å². The molecule has 0 aliphatic carbocycles. The van der Waals surface area contributed by atoms with Crippen LogP contribution in [0.4, 0.5) is 26.3 Å². The van der Waals surface area contributed by atoms with Crippen LogP contribution in [0.2, 0.25) is 0 Å². The molecular formula is C5H4BaF6O2. The van der Waals surface area contributed by atoms with Crippen LogP contribution in [0.5, 0.6) is 0 Å². The van der Waals surface area contributed by atoms with Crippen molar-refractivity contribution in [1.29, 1.82) is 0 Å². The number of carbonyl (C=O) groups is 2. The van der Waals surface area contributed by atoms with Gasteiger partial charge in [0.2, 0.25) is 5.78 Å². The fraction of sp³-hybridized carbons (Fsp3) is 0.600. The Morgan fingerprint density at radius 2 is 1.43 bits per heavy atom. The van der Waals surface area contributed by atoms with Crippen molar-refractivity contribution in [1.82, 2.24) is 0 Å². The maximum absolute atomic E-state index is 12.0. The smallest absolute Gasteiger partial charge is 1.00 e. The molecule has 0 amide bonds. The molecule has 0 saturated heterocycles. The minimum absolute atomic E-state index is 0. The maximum Gasteiger partial charge on any atom is 2.00 e. The van der Waals surface area contributed by atoms with Gasteiger partial charge in [-0.15, -0.1) is 0 Å². The van der Waals surface area contributed by atoms with Crippen molar-refractivity contribution in [2.45, 2.75) is 12.1 Å². The van der Waals surface area contributed by atoms with E-state index in [0.29, 0.717) is 0 Å². The van der Waals surface area contributed by atoms with Crippen molar-refractivity contribution in [3.63, 3.8) is 0 Å². The van der Waals surface area contributed by atoms with Crippen molar-refractivity contribution in [2.24, 2.45) is 0 Å². The Bertz CT molecular complexity index is 244. The van der Waals surface area contributed by atoms with Gasteiger partial charge in [0.05, 0.1) is 0 Å². The first-order chi connectivity index (χ1) is 5.64. The number of carbonyl (C=O) groups excluding carboxylic acids is 2. The second-order valence-electron chi connectivity index (χ2n) is 1.96. The third-order valence-electron chi connectivity index (χ3n) is 1.01. The average molecular weight is 347 g/mol. The van der Waals surface area contributed by atoms with Crippen LogP contribution in [-0.4, -0.2) is 79.2 Å². The number of ketones is 2. The SMILES string of the molecule is O=C(CF)C(F)(F)C(=O)C(F)(F)F.[Ba+2].[H-].[H-]. The molecule has 0 heterocycles. The van der Waals surface area contributed by atoms with E-state index in [1.165, 1.54) is 0 Å². The molecule has 0 spiro atoms. The van der Waals surface area contributed by atoms with Gasteiger partial charge in [-0.05, 0) is 0 Å². The minimum Gasteiger partial charge on any atom is -1.00 e. The Morgan fingerprint density at radius 1 is 1.07 bits per heavy atom. The van der Waals surface area contributed by atoms with E-state index in [4.69, 9.17) is 0 Å². The largest absolute Gasteiger partial charge is 2.00 e. The van der Waals surface area contributed by atoms with Gasteiger partial charge < -0.3 is 2.85 Å². The van der Waals surface area contributed by atoms with Gasteiger partial charge in [0, 0.05) is 0 Å². The fourth-order valence-electron chi connectivity index (χ4n) is 0.389. The number of hydrogen-bond acceptors (Lipinski definition) is 2. The Balaban J connectivity index is -0.000000240. The molecule has 0 aromatic rings. The molecule has 14 heavy (non-hydrogen) atoms. The molecule has 0 aromatic heterocycles. The molecule has 0 aromatic carbocycles. The number of Topliss-reactive ketones (excluding diaryl/α,β-unsaturated/α-hetero) is 2. The summed E-state index contributed by atoms with van der Waals surface area (Å²) in [7, 11) is 0. The summed E-state index contributed by atoms with van der Waals surface area (Å²) in [5.41, 5.74) is 0. The van der Waals surface area contributed by atoms with E-state index in [0.717, 1.165) is 0 Å². The summed E-state index contributed by atoms with van der Waals surface area (Å²) in [4.78, 5) is 19.7. The Labute approximate surface area is 117 Å². The van der Waals surface area contributed by atoms with Crippen LogP contribution >= 0.6 is 0 Å². The van der Waals surface area contributed by atoms with Crippen molar-refractivity contribution in [2.75, 3.05) is 6.67 Å². The molecule has 0 atom stereocenters. The van der Waals surface area contributed by atoms with Crippen LogP contribution in [0.25, 0.3) is 0 Å². The Hall–Kier alpha value is 0.491. The average Bonchev–Trinajstić information content (AvgIpc) is 1.99. The van der Waals surface area contributed by atoms with Crippen molar-refractivity contribution >= 4 is 60.4 Å². The Morgan fingerprint density at radius 3 is 1.64 bits per heavy atom. The molecule has 0 saturated carbocycles. The zero-order valence-corrected chi connectivity index (χ0v) is 10.9. The maximum atomic E-state index is 12.0. The van der Waals surface area contributed by atoms with Crippen molar-refractivity contribution < 1.29 is 38.8 Å². The monoisotopic (exact) mass is 348 g/mol. The molecule has 0 fully saturated rings. The summed E-state index contributed by atoms with van der Waals surface area (Å²) >= 11 is 0. The molecule has 0 unspecified atom stereocenters. The zero-order valence-electron chi connectivity index (χ0n) is 8.50. The molecule has 0 N–H and O–H groups in total. The van der Waals surface area contributed by atoms with Crippen molar-refractivity contribution in [3.8, 4) is 0 Å². The van der Waals surface area contributed by atoms with E-state index in [9.17, 15) is 35.9 Å². The van der Waals surface area contributed by atoms with Gasteiger partial charge in [-0.1, -0.05) is 0 Å². The number of halogens is 6. The first kappa shape index (κ1) is 16.9. The molecule has 9 heteroatoms. The minimum atomic E-state index is -5.85. The zero-order chi connectivity index (χ0) is 10.9. The van der Waals surface area contributed by atoms with Crippen LogP contribution in [0, 0.1) is 0 Å². The molecule has 80 valence electrons. The second kappa shape index (κ2) is 5.54. The van der Waals surface area contributed by atoms with Gasteiger partial charge in [-0.2, -0.15) is 22.0 Å². The van der Waals surface area contributed by atoms with E-state index >= 15 is 0 Å². The molecule has 0 radical (unpaired) electrons. The molecule has 0 aliphatic heterocycles. The number of hydrogen-bond donors (Lipinski definition) is 0. The summed E-state index contributed by atoms with van der Waals surface area (Å²) in [6.07, 6.45) is -5.85. The first-order valence-electron chi connectivity index (χ1n) is 2.72. The summed E-state index contributed by atoms with van der Waals surface area (Å²) < 4.78 is 69.4. The topological polar surface area (TPSA) is 34.1 Å².